The highest BCUT2D eigenvalue weighted by Crippen LogP contribution is 2.37. The fourth-order valence-electron chi connectivity index (χ4n) is 2.41. The molecule has 3 aromatic rings. The van der Waals surface area contributed by atoms with Crippen molar-refractivity contribution in [1.29, 1.82) is 0 Å². The molecule has 0 saturated heterocycles. The molecule has 0 radical (unpaired) electrons. The number of benzene rings is 2. The lowest BCUT2D eigenvalue weighted by Gasteiger charge is -2.05. The van der Waals surface area contributed by atoms with Crippen LogP contribution in [0.4, 0.5) is 0 Å². The maximum atomic E-state index is 3.68. The second-order valence-electron chi connectivity index (χ2n) is 4.02. The molecular weight excluding hydrogens is 342 g/mol. The molecule has 0 N–H and O–H groups in total. The third kappa shape index (κ3) is 1.56. The fourth-order valence-corrected chi connectivity index (χ4v) is 3.29. The van der Waals surface area contributed by atoms with Gasteiger partial charge in [0.15, 0.2) is 0 Å². The molecule has 17 heavy (non-hydrogen) atoms. The molecule has 0 unspecified atom stereocenters. The lowest BCUT2D eigenvalue weighted by Crippen LogP contribution is -1.93. The van der Waals surface area contributed by atoms with Crippen LogP contribution >= 0.6 is 31.9 Å². The van der Waals surface area contributed by atoms with Crippen molar-refractivity contribution in [1.82, 2.24) is 4.57 Å². The lowest BCUT2D eigenvalue weighted by atomic mass is 10.2. The number of rotatable bonds is 1. The first kappa shape index (κ1) is 11.3. The van der Waals surface area contributed by atoms with E-state index in [1.165, 1.54) is 21.8 Å². The average molecular weight is 353 g/mol. The summed E-state index contributed by atoms with van der Waals surface area (Å²) in [5.74, 6) is 0. The molecule has 0 aliphatic heterocycles. The van der Waals surface area contributed by atoms with Gasteiger partial charge in [-0.25, -0.2) is 0 Å². The summed E-state index contributed by atoms with van der Waals surface area (Å²) in [6, 6.07) is 12.8. The minimum absolute atomic E-state index is 0.971. The van der Waals surface area contributed by atoms with Gasteiger partial charge in [0.1, 0.15) is 0 Å². The van der Waals surface area contributed by atoms with E-state index in [4.69, 9.17) is 0 Å². The zero-order valence-corrected chi connectivity index (χ0v) is 12.5. The first-order valence-corrected chi connectivity index (χ1v) is 7.17. The quantitative estimate of drug-likeness (QED) is 0.557. The summed E-state index contributed by atoms with van der Waals surface area (Å²) in [5.41, 5.74) is 2.56. The van der Waals surface area contributed by atoms with Crippen molar-refractivity contribution in [2.45, 2.75) is 13.5 Å². The van der Waals surface area contributed by atoms with E-state index >= 15 is 0 Å². The number of nitrogens with zero attached hydrogens (tertiary/aromatic N) is 1. The molecule has 0 atom stereocenters. The van der Waals surface area contributed by atoms with E-state index in [9.17, 15) is 0 Å². The SMILES string of the molecule is CCn1c2ccccc2c2ccc(Br)c(Br)c21. The van der Waals surface area contributed by atoms with E-state index < -0.39 is 0 Å². The van der Waals surface area contributed by atoms with Crippen LogP contribution in [0.3, 0.4) is 0 Å². The van der Waals surface area contributed by atoms with E-state index in [1.54, 1.807) is 0 Å². The molecule has 0 fully saturated rings. The molecule has 1 heterocycles. The summed E-state index contributed by atoms with van der Waals surface area (Å²) in [6.45, 7) is 3.15. The van der Waals surface area contributed by atoms with Gasteiger partial charge in [-0.05, 0) is 50.9 Å². The molecule has 3 rings (SSSR count). The standard InChI is InChI=1S/C14H11Br2N/c1-2-17-12-6-4-3-5-9(12)10-7-8-11(15)13(16)14(10)17/h3-8H,2H2,1H3. The van der Waals surface area contributed by atoms with Gasteiger partial charge < -0.3 is 4.57 Å². The van der Waals surface area contributed by atoms with E-state index in [1.807, 2.05) is 0 Å². The first-order chi connectivity index (χ1) is 8.24. The third-order valence-electron chi connectivity index (χ3n) is 3.14. The zero-order chi connectivity index (χ0) is 12.0. The third-order valence-corrected chi connectivity index (χ3v) is 5.14. The highest BCUT2D eigenvalue weighted by molar-refractivity contribution is 9.13. The molecule has 0 spiro atoms. The Morgan fingerprint density at radius 2 is 1.76 bits per heavy atom. The summed E-state index contributed by atoms with van der Waals surface area (Å²) < 4.78 is 4.58. The Bertz CT molecular complexity index is 713. The molecule has 1 aromatic heterocycles. The number of para-hydroxylation sites is 1. The smallest absolute Gasteiger partial charge is 0.0647 e. The van der Waals surface area contributed by atoms with Crippen molar-refractivity contribution in [3.63, 3.8) is 0 Å². The van der Waals surface area contributed by atoms with Crippen LogP contribution in [0.25, 0.3) is 21.8 Å². The minimum atomic E-state index is 0.971. The molecule has 3 heteroatoms. The first-order valence-electron chi connectivity index (χ1n) is 5.59. The van der Waals surface area contributed by atoms with Crippen LogP contribution in [-0.2, 0) is 6.54 Å². The number of halogens is 2. The maximum Gasteiger partial charge on any atom is 0.0647 e. The zero-order valence-electron chi connectivity index (χ0n) is 9.37. The van der Waals surface area contributed by atoms with Crippen molar-refractivity contribution in [2.24, 2.45) is 0 Å². The molecule has 1 nitrogen and oxygen atoms in total. The van der Waals surface area contributed by atoms with Gasteiger partial charge in [-0.3, -0.25) is 0 Å². The van der Waals surface area contributed by atoms with Gasteiger partial charge >= 0.3 is 0 Å². The molecule has 2 aromatic carbocycles. The Morgan fingerprint density at radius 1 is 1.00 bits per heavy atom. The van der Waals surface area contributed by atoms with E-state index in [0.717, 1.165) is 15.5 Å². The van der Waals surface area contributed by atoms with Crippen LogP contribution in [0.1, 0.15) is 6.92 Å². The minimum Gasteiger partial charge on any atom is -0.340 e. The topological polar surface area (TPSA) is 4.93 Å². The molecule has 0 aliphatic carbocycles. The number of hydrogen-bond donors (Lipinski definition) is 0. The molecule has 86 valence electrons. The number of hydrogen-bond acceptors (Lipinski definition) is 0. The predicted molar refractivity (Wildman–Crippen MR) is 80.5 cm³/mol. The van der Waals surface area contributed by atoms with Crippen molar-refractivity contribution < 1.29 is 0 Å². The van der Waals surface area contributed by atoms with Gasteiger partial charge in [0.25, 0.3) is 0 Å². The normalized spacial score (nSPS) is 11.5. The van der Waals surface area contributed by atoms with Crippen LogP contribution in [0.15, 0.2) is 45.3 Å². The monoisotopic (exact) mass is 351 g/mol. The van der Waals surface area contributed by atoms with Gasteiger partial charge in [-0.1, -0.05) is 24.3 Å². The molecule has 0 aliphatic rings. The van der Waals surface area contributed by atoms with Crippen LogP contribution in [-0.4, -0.2) is 4.57 Å². The summed E-state index contributed by atoms with van der Waals surface area (Å²) in [7, 11) is 0. The van der Waals surface area contributed by atoms with Crippen LogP contribution in [0.5, 0.6) is 0 Å². The number of aryl methyl sites for hydroxylation is 1. The molecule has 0 amide bonds. The van der Waals surface area contributed by atoms with Gasteiger partial charge in [0.2, 0.25) is 0 Å². The van der Waals surface area contributed by atoms with Gasteiger partial charge in [0, 0.05) is 27.3 Å². The summed E-state index contributed by atoms with van der Waals surface area (Å²) in [6.07, 6.45) is 0. The maximum absolute atomic E-state index is 3.68. The highest BCUT2D eigenvalue weighted by Gasteiger charge is 2.13. The number of fused-ring (bicyclic) bond motifs is 3. The van der Waals surface area contributed by atoms with E-state index in [2.05, 4.69) is 79.7 Å². The second kappa shape index (κ2) is 4.14. The van der Waals surface area contributed by atoms with Crippen LogP contribution in [0.2, 0.25) is 0 Å². The van der Waals surface area contributed by atoms with Crippen LogP contribution in [0, 0.1) is 0 Å². The van der Waals surface area contributed by atoms with Gasteiger partial charge in [0.05, 0.1) is 9.99 Å². The Kier molecular flexibility index (Phi) is 2.75. The largest absolute Gasteiger partial charge is 0.340 e. The van der Waals surface area contributed by atoms with Crippen molar-refractivity contribution in [2.75, 3.05) is 0 Å². The van der Waals surface area contributed by atoms with E-state index in [-0.39, 0.29) is 0 Å². The predicted octanol–water partition coefficient (Wildman–Crippen LogP) is 5.34. The fraction of sp³-hybridized carbons (Fsp3) is 0.143. The van der Waals surface area contributed by atoms with Crippen molar-refractivity contribution in [3.05, 3.63) is 45.3 Å². The summed E-state index contributed by atoms with van der Waals surface area (Å²) in [5, 5.41) is 2.62. The van der Waals surface area contributed by atoms with Crippen LogP contribution < -0.4 is 0 Å². The summed E-state index contributed by atoms with van der Waals surface area (Å²) in [4.78, 5) is 0. The molecule has 0 saturated carbocycles. The average Bonchev–Trinajstić information content (AvgIpc) is 2.68. The number of aromatic nitrogens is 1. The highest BCUT2D eigenvalue weighted by atomic mass is 79.9. The van der Waals surface area contributed by atoms with Crippen molar-refractivity contribution >= 4 is 53.7 Å². The van der Waals surface area contributed by atoms with Crippen molar-refractivity contribution in [3.8, 4) is 0 Å². The molecular formula is C14H11Br2N. The Morgan fingerprint density at radius 3 is 2.53 bits per heavy atom. The Labute approximate surface area is 117 Å². The Hall–Kier alpha value is -0.800. The van der Waals surface area contributed by atoms with Gasteiger partial charge in [-0.15, -0.1) is 0 Å². The second-order valence-corrected chi connectivity index (χ2v) is 5.67. The van der Waals surface area contributed by atoms with E-state index in [0.29, 0.717) is 0 Å². The summed E-state index contributed by atoms with van der Waals surface area (Å²) >= 11 is 7.26. The Balaban J connectivity index is 2.63. The lowest BCUT2D eigenvalue weighted by molar-refractivity contribution is 0.825. The molecule has 0 bridgehead atoms. The van der Waals surface area contributed by atoms with Gasteiger partial charge in [-0.2, -0.15) is 0 Å².